The Morgan fingerprint density at radius 3 is 2.52 bits per heavy atom. The van der Waals surface area contributed by atoms with Crippen LogP contribution in [-0.4, -0.2) is 53.1 Å². The molecule has 8 heteroatoms. The summed E-state index contributed by atoms with van der Waals surface area (Å²) in [6.45, 7) is 4.52. The van der Waals surface area contributed by atoms with Crippen LogP contribution < -0.4 is 16.4 Å². The highest BCUT2D eigenvalue weighted by atomic mass is 16.4. The normalized spacial score (nSPS) is 19.8. The fourth-order valence-electron chi connectivity index (χ4n) is 3.54. The molecule has 0 radical (unpaired) electrons. The van der Waals surface area contributed by atoms with E-state index in [1.165, 1.54) is 0 Å². The Balaban J connectivity index is 1.89. The molecule has 0 aliphatic heterocycles. The van der Waals surface area contributed by atoms with Crippen molar-refractivity contribution in [3.05, 3.63) is 35.4 Å². The number of aryl methyl sites for hydroxylation is 1. The van der Waals surface area contributed by atoms with Gasteiger partial charge in [0.05, 0.1) is 19.0 Å². The molecule has 8 nitrogen and oxygen atoms in total. The summed E-state index contributed by atoms with van der Waals surface area (Å²) in [6.07, 6.45) is 1.55. The van der Waals surface area contributed by atoms with Gasteiger partial charge in [0.15, 0.2) is 0 Å². The van der Waals surface area contributed by atoms with Crippen molar-refractivity contribution in [3.63, 3.8) is 0 Å². The molecule has 1 saturated carbocycles. The summed E-state index contributed by atoms with van der Waals surface area (Å²) < 4.78 is 0. The number of carbonyl (C=O) groups excluding carboxylic acids is 2. The highest BCUT2D eigenvalue weighted by molar-refractivity contribution is 5.79. The van der Waals surface area contributed by atoms with Gasteiger partial charge >= 0.3 is 12.0 Å². The number of likely N-dealkylation sites (N-methyl/N-ethyl adjacent to an activating group) is 1. The van der Waals surface area contributed by atoms with Gasteiger partial charge in [0.2, 0.25) is 5.91 Å². The van der Waals surface area contributed by atoms with Crippen molar-refractivity contribution in [1.82, 2.24) is 15.5 Å². The van der Waals surface area contributed by atoms with Crippen molar-refractivity contribution in [1.29, 1.82) is 0 Å². The number of urea groups is 1. The summed E-state index contributed by atoms with van der Waals surface area (Å²) in [4.78, 5) is 36.6. The van der Waals surface area contributed by atoms with Gasteiger partial charge in [-0.1, -0.05) is 31.2 Å². The van der Waals surface area contributed by atoms with Crippen LogP contribution in [0.4, 0.5) is 4.79 Å². The number of benzene rings is 1. The molecule has 2 rings (SSSR count). The maximum Gasteiger partial charge on any atom is 0.317 e. The van der Waals surface area contributed by atoms with Crippen LogP contribution >= 0.6 is 0 Å². The quantitative estimate of drug-likeness (QED) is 0.514. The van der Waals surface area contributed by atoms with Crippen LogP contribution in [0.25, 0.3) is 0 Å². The van der Waals surface area contributed by atoms with E-state index in [2.05, 4.69) is 10.6 Å². The summed E-state index contributed by atoms with van der Waals surface area (Å²) in [5, 5.41) is 14.5. The van der Waals surface area contributed by atoms with Gasteiger partial charge < -0.3 is 21.5 Å². The number of nitrogens with two attached hydrogens (primary N) is 1. The molecule has 5 N–H and O–H groups in total. The van der Waals surface area contributed by atoms with Crippen LogP contribution in [0.5, 0.6) is 0 Å². The van der Waals surface area contributed by atoms with Crippen molar-refractivity contribution >= 4 is 17.9 Å². The van der Waals surface area contributed by atoms with E-state index in [1.807, 2.05) is 43.0 Å². The summed E-state index contributed by atoms with van der Waals surface area (Å²) in [5.41, 5.74) is 7.10. The summed E-state index contributed by atoms with van der Waals surface area (Å²) in [5.74, 6) is -1.01. The van der Waals surface area contributed by atoms with Crippen LogP contribution in [0.2, 0.25) is 0 Å². The summed E-state index contributed by atoms with van der Waals surface area (Å²) >= 11 is 0. The number of carbonyl (C=O) groups is 3. The number of nitrogens with zero attached hydrogens (tertiary/aromatic N) is 1. The SMILES string of the molecule is CCN(CC(=O)O)C1CC(NC(=O)CC(NC(N)=O)c2ccccc2C)C1. The molecule has 3 amide bonds. The zero-order valence-corrected chi connectivity index (χ0v) is 15.8. The molecule has 1 fully saturated rings. The van der Waals surface area contributed by atoms with E-state index in [0.29, 0.717) is 6.54 Å². The average molecular weight is 376 g/mol. The lowest BCUT2D eigenvalue weighted by atomic mass is 9.85. The molecule has 0 saturated heterocycles. The third kappa shape index (κ3) is 5.96. The molecule has 0 aromatic heterocycles. The molecule has 1 aromatic carbocycles. The van der Waals surface area contributed by atoms with Gasteiger partial charge in [-0.25, -0.2) is 4.79 Å². The van der Waals surface area contributed by atoms with Crippen LogP contribution in [0, 0.1) is 6.92 Å². The number of hydrogen-bond donors (Lipinski definition) is 4. The third-order valence-electron chi connectivity index (χ3n) is 5.01. The number of amides is 3. The summed E-state index contributed by atoms with van der Waals surface area (Å²) in [7, 11) is 0. The predicted molar refractivity (Wildman–Crippen MR) is 101 cm³/mol. The lowest BCUT2D eigenvalue weighted by Crippen LogP contribution is -2.55. The Kier molecular flexibility index (Phi) is 7.18. The molecule has 0 heterocycles. The van der Waals surface area contributed by atoms with E-state index < -0.39 is 18.0 Å². The van der Waals surface area contributed by atoms with E-state index in [0.717, 1.165) is 24.0 Å². The molecule has 1 unspecified atom stereocenters. The van der Waals surface area contributed by atoms with Crippen molar-refractivity contribution < 1.29 is 19.5 Å². The Bertz CT molecular complexity index is 688. The maximum atomic E-state index is 12.4. The van der Waals surface area contributed by atoms with E-state index in [9.17, 15) is 14.4 Å². The number of primary amides is 1. The summed E-state index contributed by atoms with van der Waals surface area (Å²) in [6, 6.07) is 6.57. The van der Waals surface area contributed by atoms with Gasteiger partial charge in [-0.05, 0) is 37.4 Å². The van der Waals surface area contributed by atoms with Crippen LogP contribution in [0.1, 0.15) is 43.4 Å². The standard InChI is InChI=1S/C19H28N4O4/c1-3-23(11-18(25)26)14-8-13(9-14)21-17(24)10-16(22-19(20)27)15-7-5-4-6-12(15)2/h4-7,13-14,16H,3,8-11H2,1-2H3,(H,21,24)(H,25,26)(H3,20,22,27). The fraction of sp³-hybridized carbons (Fsp3) is 0.526. The zero-order chi connectivity index (χ0) is 20.0. The molecule has 0 bridgehead atoms. The van der Waals surface area contributed by atoms with E-state index in [1.54, 1.807) is 0 Å². The van der Waals surface area contributed by atoms with Gasteiger partial charge in [-0.2, -0.15) is 0 Å². The van der Waals surface area contributed by atoms with Crippen LogP contribution in [0.3, 0.4) is 0 Å². The van der Waals surface area contributed by atoms with Crippen molar-refractivity contribution in [2.45, 2.75) is 51.2 Å². The largest absolute Gasteiger partial charge is 0.480 e. The number of rotatable bonds is 9. The molecular formula is C19H28N4O4. The monoisotopic (exact) mass is 376 g/mol. The topological polar surface area (TPSA) is 125 Å². The Hall–Kier alpha value is -2.61. The third-order valence-corrected chi connectivity index (χ3v) is 5.01. The van der Waals surface area contributed by atoms with Gasteiger partial charge in [-0.15, -0.1) is 0 Å². The predicted octanol–water partition coefficient (Wildman–Crippen LogP) is 1.15. The number of hydrogen-bond acceptors (Lipinski definition) is 4. The molecule has 27 heavy (non-hydrogen) atoms. The second-order valence-corrected chi connectivity index (χ2v) is 6.97. The minimum absolute atomic E-state index is 0.0136. The number of nitrogens with one attached hydrogen (secondary N) is 2. The molecule has 0 spiro atoms. The average Bonchev–Trinajstić information content (AvgIpc) is 2.55. The molecular weight excluding hydrogens is 348 g/mol. The van der Waals surface area contributed by atoms with E-state index >= 15 is 0 Å². The maximum absolute atomic E-state index is 12.4. The number of aliphatic carboxylic acids is 1. The van der Waals surface area contributed by atoms with E-state index in [-0.39, 0.29) is 31.0 Å². The second-order valence-electron chi connectivity index (χ2n) is 6.97. The highest BCUT2D eigenvalue weighted by Gasteiger charge is 2.35. The van der Waals surface area contributed by atoms with Crippen LogP contribution in [-0.2, 0) is 9.59 Å². The van der Waals surface area contributed by atoms with E-state index in [4.69, 9.17) is 10.8 Å². The Morgan fingerprint density at radius 1 is 1.30 bits per heavy atom. The lowest BCUT2D eigenvalue weighted by molar-refractivity contribution is -0.139. The van der Waals surface area contributed by atoms with Gasteiger partial charge in [0, 0.05) is 12.1 Å². The molecule has 1 atom stereocenters. The van der Waals surface area contributed by atoms with Gasteiger partial charge in [0.25, 0.3) is 0 Å². The number of carboxylic acid groups (broad SMARTS) is 1. The molecule has 1 aromatic rings. The first kappa shape index (κ1) is 20.7. The van der Waals surface area contributed by atoms with Crippen molar-refractivity contribution in [2.24, 2.45) is 5.73 Å². The first-order valence-corrected chi connectivity index (χ1v) is 9.16. The zero-order valence-electron chi connectivity index (χ0n) is 15.8. The Labute approximate surface area is 159 Å². The minimum Gasteiger partial charge on any atom is -0.480 e. The van der Waals surface area contributed by atoms with Gasteiger partial charge in [0.1, 0.15) is 0 Å². The van der Waals surface area contributed by atoms with Crippen molar-refractivity contribution in [3.8, 4) is 0 Å². The lowest BCUT2D eigenvalue weighted by Gasteiger charge is -2.42. The molecule has 1 aliphatic carbocycles. The minimum atomic E-state index is -0.845. The van der Waals surface area contributed by atoms with Crippen molar-refractivity contribution in [2.75, 3.05) is 13.1 Å². The van der Waals surface area contributed by atoms with Gasteiger partial charge in [-0.3, -0.25) is 14.5 Å². The smallest absolute Gasteiger partial charge is 0.317 e. The second kappa shape index (κ2) is 9.36. The highest BCUT2D eigenvalue weighted by Crippen LogP contribution is 2.26. The fourth-order valence-corrected chi connectivity index (χ4v) is 3.54. The first-order chi connectivity index (χ1) is 12.8. The van der Waals surface area contributed by atoms with Crippen LogP contribution in [0.15, 0.2) is 24.3 Å². The number of carboxylic acids is 1. The Morgan fingerprint density at radius 2 is 1.96 bits per heavy atom. The first-order valence-electron chi connectivity index (χ1n) is 9.16. The molecule has 1 aliphatic rings. The molecule has 148 valence electrons.